The van der Waals surface area contributed by atoms with E-state index in [2.05, 4.69) is 25.2 Å². The number of aryl methyl sites for hydroxylation is 1. The van der Waals surface area contributed by atoms with Crippen LogP contribution in [0.3, 0.4) is 0 Å². The lowest BCUT2D eigenvalue weighted by molar-refractivity contribution is 0.0249. The van der Waals surface area contributed by atoms with Crippen LogP contribution in [-0.2, 0) is 17.8 Å². The minimum absolute atomic E-state index is 0.0901. The monoisotopic (exact) mass is 353 g/mol. The van der Waals surface area contributed by atoms with Crippen LogP contribution >= 0.6 is 0 Å². The van der Waals surface area contributed by atoms with Gasteiger partial charge in [-0.15, -0.1) is 0 Å². The summed E-state index contributed by atoms with van der Waals surface area (Å²) in [6, 6.07) is 3.96. The van der Waals surface area contributed by atoms with Crippen molar-refractivity contribution in [3.63, 3.8) is 0 Å². The number of hydrogen-bond acceptors (Lipinski definition) is 6. The van der Waals surface area contributed by atoms with Crippen LogP contribution in [0.4, 0.5) is 5.82 Å². The number of carbonyl (C=O) groups is 1. The van der Waals surface area contributed by atoms with Crippen LogP contribution in [0.2, 0.25) is 0 Å². The molecule has 1 fully saturated rings. The summed E-state index contributed by atoms with van der Waals surface area (Å²) >= 11 is 0. The first-order valence-electron chi connectivity index (χ1n) is 9.12. The zero-order chi connectivity index (χ0) is 17.9. The highest BCUT2D eigenvalue weighted by molar-refractivity contribution is 5.96. The fourth-order valence-corrected chi connectivity index (χ4v) is 3.58. The van der Waals surface area contributed by atoms with Gasteiger partial charge in [0.2, 0.25) is 0 Å². The van der Waals surface area contributed by atoms with Crippen molar-refractivity contribution in [1.82, 2.24) is 20.3 Å². The molecular formula is C19H23N5O2. The van der Waals surface area contributed by atoms with Gasteiger partial charge in [-0.3, -0.25) is 9.78 Å². The Hall–Kier alpha value is -2.54. The molecule has 2 aliphatic heterocycles. The van der Waals surface area contributed by atoms with Gasteiger partial charge in [0.05, 0.1) is 12.7 Å². The molecule has 1 saturated heterocycles. The van der Waals surface area contributed by atoms with Crippen molar-refractivity contribution in [2.75, 3.05) is 24.5 Å². The molecule has 0 bridgehead atoms. The summed E-state index contributed by atoms with van der Waals surface area (Å²) in [6.07, 6.45) is 6.54. The fraction of sp³-hybridized carbons (Fsp3) is 0.474. The molecule has 4 heterocycles. The van der Waals surface area contributed by atoms with E-state index in [9.17, 15) is 4.79 Å². The van der Waals surface area contributed by atoms with Crippen molar-refractivity contribution in [3.05, 3.63) is 47.2 Å². The van der Waals surface area contributed by atoms with Gasteiger partial charge < -0.3 is 15.0 Å². The predicted molar refractivity (Wildman–Crippen MR) is 97.1 cm³/mol. The zero-order valence-electron chi connectivity index (χ0n) is 14.9. The molecule has 7 nitrogen and oxygen atoms in total. The average Bonchev–Trinajstić information content (AvgIpc) is 2.68. The molecule has 0 aromatic carbocycles. The van der Waals surface area contributed by atoms with Crippen molar-refractivity contribution in [3.8, 4) is 0 Å². The number of fused-ring (bicyclic) bond motifs is 1. The molecule has 7 heteroatoms. The fourth-order valence-electron chi connectivity index (χ4n) is 3.58. The van der Waals surface area contributed by atoms with E-state index < -0.39 is 0 Å². The van der Waals surface area contributed by atoms with Gasteiger partial charge in [-0.2, -0.15) is 0 Å². The van der Waals surface area contributed by atoms with Crippen LogP contribution < -0.4 is 10.2 Å². The van der Waals surface area contributed by atoms with Crippen LogP contribution in [0.5, 0.6) is 0 Å². The van der Waals surface area contributed by atoms with Crippen molar-refractivity contribution >= 4 is 11.7 Å². The Labute approximate surface area is 152 Å². The first-order valence-corrected chi connectivity index (χ1v) is 9.12. The largest absolute Gasteiger partial charge is 0.373 e. The second-order valence-corrected chi connectivity index (χ2v) is 6.79. The van der Waals surface area contributed by atoms with E-state index >= 15 is 0 Å². The van der Waals surface area contributed by atoms with E-state index in [1.165, 1.54) is 0 Å². The number of amides is 1. The maximum atomic E-state index is 12.1. The van der Waals surface area contributed by atoms with Gasteiger partial charge >= 0.3 is 0 Å². The Bertz CT molecular complexity index is 788. The summed E-state index contributed by atoms with van der Waals surface area (Å²) in [5, 5.41) is 2.86. The van der Waals surface area contributed by atoms with Crippen LogP contribution in [0.1, 0.15) is 40.3 Å². The molecule has 0 radical (unpaired) electrons. The number of nitrogens with zero attached hydrogens (tertiary/aromatic N) is 4. The standard InChI is InChI=1S/C19H23N5O2/c1-13-22-17-16(4-8-21-19(17)25)18(23-13)24-9-5-15(6-10-24)26-12-14-3-2-7-20-11-14/h2-3,7,11,15H,4-6,8-10,12H2,1H3,(H,21,25). The van der Waals surface area contributed by atoms with Crippen LogP contribution in [0, 0.1) is 6.92 Å². The molecule has 2 aromatic heterocycles. The summed E-state index contributed by atoms with van der Waals surface area (Å²) in [5.41, 5.74) is 2.62. The molecule has 0 unspecified atom stereocenters. The van der Waals surface area contributed by atoms with Gasteiger partial charge in [-0.05, 0) is 37.8 Å². The molecule has 1 N–H and O–H groups in total. The summed E-state index contributed by atoms with van der Waals surface area (Å²) < 4.78 is 6.04. The number of hydrogen-bond donors (Lipinski definition) is 1. The summed E-state index contributed by atoms with van der Waals surface area (Å²) in [5.74, 6) is 1.48. The third-order valence-corrected chi connectivity index (χ3v) is 4.92. The van der Waals surface area contributed by atoms with Crippen molar-refractivity contribution < 1.29 is 9.53 Å². The van der Waals surface area contributed by atoms with Crippen LogP contribution in [0.15, 0.2) is 24.5 Å². The lowest BCUT2D eigenvalue weighted by Crippen LogP contribution is -2.40. The minimum Gasteiger partial charge on any atom is -0.373 e. The predicted octanol–water partition coefficient (Wildman–Crippen LogP) is 1.65. The van der Waals surface area contributed by atoms with E-state index in [-0.39, 0.29) is 12.0 Å². The van der Waals surface area contributed by atoms with Crippen molar-refractivity contribution in [2.24, 2.45) is 0 Å². The molecule has 4 rings (SSSR count). The lowest BCUT2D eigenvalue weighted by Gasteiger charge is -2.34. The van der Waals surface area contributed by atoms with Gasteiger partial charge in [0.25, 0.3) is 5.91 Å². The lowest BCUT2D eigenvalue weighted by atomic mass is 10.0. The van der Waals surface area contributed by atoms with Gasteiger partial charge in [-0.25, -0.2) is 9.97 Å². The Morgan fingerprint density at radius 1 is 1.31 bits per heavy atom. The number of ether oxygens (including phenoxy) is 1. The normalized spacial score (nSPS) is 17.7. The molecule has 0 saturated carbocycles. The van der Waals surface area contributed by atoms with E-state index in [1.54, 1.807) is 6.20 Å². The highest BCUT2D eigenvalue weighted by Crippen LogP contribution is 2.27. The number of piperidine rings is 1. The number of rotatable bonds is 4. The first-order chi connectivity index (χ1) is 12.7. The third-order valence-electron chi connectivity index (χ3n) is 4.92. The molecule has 0 aliphatic carbocycles. The van der Waals surface area contributed by atoms with Gasteiger partial charge in [0.15, 0.2) is 0 Å². The zero-order valence-corrected chi connectivity index (χ0v) is 14.9. The Morgan fingerprint density at radius 2 is 2.15 bits per heavy atom. The number of aromatic nitrogens is 3. The highest BCUT2D eigenvalue weighted by Gasteiger charge is 2.28. The average molecular weight is 353 g/mol. The summed E-state index contributed by atoms with van der Waals surface area (Å²) in [6.45, 7) is 4.84. The number of anilines is 1. The molecule has 0 spiro atoms. The minimum atomic E-state index is -0.0901. The Kier molecular flexibility index (Phi) is 4.79. The molecule has 136 valence electrons. The van der Waals surface area contributed by atoms with E-state index in [1.807, 2.05) is 25.3 Å². The first kappa shape index (κ1) is 16.9. The maximum absolute atomic E-state index is 12.1. The Morgan fingerprint density at radius 3 is 2.92 bits per heavy atom. The van der Waals surface area contributed by atoms with E-state index in [0.717, 1.165) is 49.3 Å². The molecule has 2 aliphatic rings. The molecule has 0 atom stereocenters. The van der Waals surface area contributed by atoms with Gasteiger partial charge in [0, 0.05) is 37.6 Å². The van der Waals surface area contributed by atoms with Crippen LogP contribution in [0.25, 0.3) is 0 Å². The molecule has 26 heavy (non-hydrogen) atoms. The number of nitrogens with one attached hydrogen (secondary N) is 1. The Balaban J connectivity index is 1.41. The molecular weight excluding hydrogens is 330 g/mol. The molecule has 1 amide bonds. The SMILES string of the molecule is Cc1nc2c(c(N3CCC(OCc4cccnc4)CC3)n1)CCNC2=O. The van der Waals surface area contributed by atoms with E-state index in [0.29, 0.717) is 24.7 Å². The van der Waals surface area contributed by atoms with Gasteiger partial charge in [-0.1, -0.05) is 6.07 Å². The maximum Gasteiger partial charge on any atom is 0.270 e. The third kappa shape index (κ3) is 3.53. The second-order valence-electron chi connectivity index (χ2n) is 6.79. The van der Waals surface area contributed by atoms with Crippen molar-refractivity contribution in [2.45, 2.75) is 38.9 Å². The van der Waals surface area contributed by atoms with Gasteiger partial charge in [0.1, 0.15) is 17.3 Å². The highest BCUT2D eigenvalue weighted by atomic mass is 16.5. The topological polar surface area (TPSA) is 80.2 Å². The number of carbonyl (C=O) groups excluding carboxylic acids is 1. The summed E-state index contributed by atoms with van der Waals surface area (Å²) in [4.78, 5) is 27.5. The number of pyridine rings is 1. The quantitative estimate of drug-likeness (QED) is 0.900. The second kappa shape index (κ2) is 7.37. The van der Waals surface area contributed by atoms with Crippen LogP contribution in [-0.4, -0.2) is 46.6 Å². The molecule has 2 aromatic rings. The summed E-state index contributed by atoms with van der Waals surface area (Å²) in [7, 11) is 0. The van der Waals surface area contributed by atoms with E-state index in [4.69, 9.17) is 4.74 Å². The van der Waals surface area contributed by atoms with Crippen molar-refractivity contribution in [1.29, 1.82) is 0 Å². The smallest absolute Gasteiger partial charge is 0.270 e.